The Morgan fingerprint density at radius 3 is 2.88 bits per heavy atom. The van der Waals surface area contributed by atoms with Gasteiger partial charge in [-0.1, -0.05) is 23.2 Å². The van der Waals surface area contributed by atoms with Crippen molar-refractivity contribution in [3.05, 3.63) is 38.8 Å². The third-order valence-electron chi connectivity index (χ3n) is 2.03. The number of nitrogens with one attached hydrogen (secondary N) is 1. The van der Waals surface area contributed by atoms with Crippen LogP contribution in [-0.2, 0) is 6.61 Å². The molecule has 0 bridgehead atoms. The normalized spacial score (nSPS) is 10.7. The monoisotopic (exact) mass is 275 g/mol. The maximum Gasteiger partial charge on any atom is 0.199 e. The quantitative estimate of drug-likeness (QED) is 0.829. The van der Waals surface area contributed by atoms with Crippen LogP contribution in [-0.4, -0.2) is 19.9 Å². The van der Waals surface area contributed by atoms with Gasteiger partial charge >= 0.3 is 0 Å². The van der Waals surface area contributed by atoms with Gasteiger partial charge in [0.2, 0.25) is 0 Å². The molecule has 16 heavy (non-hydrogen) atoms. The molecule has 0 atom stereocenters. The highest BCUT2D eigenvalue weighted by Crippen LogP contribution is 2.25. The molecule has 0 aliphatic heterocycles. The molecule has 0 radical (unpaired) electrons. The number of nitrogens with zero attached hydrogens (tertiary/aromatic N) is 2. The molecule has 0 amide bonds. The molecule has 2 rings (SSSR count). The Balaban J connectivity index is 2.71. The van der Waals surface area contributed by atoms with Gasteiger partial charge in [-0.2, -0.15) is 5.10 Å². The SMILES string of the molecule is OCc1n[nH]c(=S)n1-c1cc(Cl)ccc1Cl. The van der Waals surface area contributed by atoms with Gasteiger partial charge in [0.05, 0.1) is 10.7 Å². The second-order valence-electron chi connectivity index (χ2n) is 3.03. The number of hydrogen-bond acceptors (Lipinski definition) is 3. The fourth-order valence-electron chi connectivity index (χ4n) is 1.34. The van der Waals surface area contributed by atoms with Gasteiger partial charge in [0.1, 0.15) is 6.61 Å². The minimum atomic E-state index is -0.240. The molecule has 2 N–H and O–H groups in total. The van der Waals surface area contributed by atoms with Crippen molar-refractivity contribution < 1.29 is 5.11 Å². The molecule has 1 aromatic carbocycles. The molecular weight excluding hydrogens is 269 g/mol. The largest absolute Gasteiger partial charge is 0.388 e. The fraction of sp³-hybridized carbons (Fsp3) is 0.111. The van der Waals surface area contributed by atoms with Gasteiger partial charge in [0.15, 0.2) is 10.6 Å². The lowest BCUT2D eigenvalue weighted by molar-refractivity contribution is 0.269. The van der Waals surface area contributed by atoms with E-state index in [9.17, 15) is 0 Å². The summed E-state index contributed by atoms with van der Waals surface area (Å²) in [7, 11) is 0. The third-order valence-corrected chi connectivity index (χ3v) is 2.86. The van der Waals surface area contributed by atoms with Crippen molar-refractivity contribution in [2.24, 2.45) is 0 Å². The number of benzene rings is 1. The van der Waals surface area contributed by atoms with Crippen molar-refractivity contribution in [3.63, 3.8) is 0 Å². The van der Waals surface area contributed by atoms with Gasteiger partial charge in [-0.05, 0) is 30.4 Å². The summed E-state index contributed by atoms with van der Waals surface area (Å²) in [5, 5.41) is 16.6. The molecule has 1 heterocycles. The first kappa shape index (κ1) is 11.6. The summed E-state index contributed by atoms with van der Waals surface area (Å²) in [5.74, 6) is 0.383. The Kier molecular flexibility index (Phi) is 3.30. The van der Waals surface area contributed by atoms with E-state index in [-0.39, 0.29) is 6.61 Å². The molecular formula is C9H7Cl2N3OS. The summed E-state index contributed by atoms with van der Waals surface area (Å²) < 4.78 is 1.90. The lowest BCUT2D eigenvalue weighted by atomic mass is 10.3. The fourth-order valence-corrected chi connectivity index (χ4v) is 1.96. The number of aliphatic hydroxyl groups is 1. The van der Waals surface area contributed by atoms with E-state index in [2.05, 4.69) is 10.2 Å². The summed E-state index contributed by atoms with van der Waals surface area (Å²) in [6.45, 7) is -0.240. The Morgan fingerprint density at radius 2 is 2.19 bits per heavy atom. The highest BCUT2D eigenvalue weighted by atomic mass is 35.5. The van der Waals surface area contributed by atoms with Crippen LogP contribution in [0.25, 0.3) is 5.69 Å². The van der Waals surface area contributed by atoms with Crippen molar-refractivity contribution in [1.29, 1.82) is 0 Å². The van der Waals surface area contributed by atoms with Crippen molar-refractivity contribution >= 4 is 35.4 Å². The number of H-pyrrole nitrogens is 1. The number of aromatic nitrogens is 3. The van der Waals surface area contributed by atoms with Crippen LogP contribution in [0, 0.1) is 4.77 Å². The van der Waals surface area contributed by atoms with Gasteiger partial charge in [0, 0.05) is 5.02 Å². The maximum absolute atomic E-state index is 9.13. The predicted molar refractivity (Wildman–Crippen MR) is 64.7 cm³/mol. The van der Waals surface area contributed by atoms with Crippen molar-refractivity contribution in [1.82, 2.24) is 14.8 Å². The van der Waals surface area contributed by atoms with Crippen LogP contribution in [0.5, 0.6) is 0 Å². The Hall–Kier alpha value is -0.880. The molecule has 0 unspecified atom stereocenters. The van der Waals surface area contributed by atoms with Crippen molar-refractivity contribution in [3.8, 4) is 5.69 Å². The average Bonchev–Trinajstić information content (AvgIpc) is 2.63. The zero-order valence-electron chi connectivity index (χ0n) is 7.94. The van der Waals surface area contributed by atoms with Gasteiger partial charge in [-0.3, -0.25) is 9.67 Å². The second-order valence-corrected chi connectivity index (χ2v) is 4.26. The lowest BCUT2D eigenvalue weighted by Crippen LogP contribution is -2.02. The van der Waals surface area contributed by atoms with E-state index in [4.69, 9.17) is 40.5 Å². The third kappa shape index (κ3) is 1.99. The summed E-state index contributed by atoms with van der Waals surface area (Å²) in [6, 6.07) is 5.00. The first-order valence-electron chi connectivity index (χ1n) is 4.36. The van der Waals surface area contributed by atoms with E-state index in [0.717, 1.165) is 0 Å². The Bertz CT molecular complexity index is 578. The van der Waals surface area contributed by atoms with Gasteiger partial charge in [-0.15, -0.1) is 0 Å². The van der Waals surface area contributed by atoms with Gasteiger partial charge in [-0.25, -0.2) is 0 Å². The van der Waals surface area contributed by atoms with Crippen LogP contribution >= 0.6 is 35.4 Å². The number of halogens is 2. The number of hydrogen-bond donors (Lipinski definition) is 2. The minimum Gasteiger partial charge on any atom is -0.388 e. The maximum atomic E-state index is 9.13. The molecule has 0 saturated heterocycles. The lowest BCUT2D eigenvalue weighted by Gasteiger charge is -2.07. The zero-order valence-corrected chi connectivity index (χ0v) is 10.3. The molecule has 0 saturated carbocycles. The van der Waals surface area contributed by atoms with E-state index in [0.29, 0.717) is 26.3 Å². The summed E-state index contributed by atoms with van der Waals surface area (Å²) in [5.41, 5.74) is 0.594. The van der Waals surface area contributed by atoms with E-state index in [1.54, 1.807) is 22.8 Å². The number of aliphatic hydroxyl groups excluding tert-OH is 1. The van der Waals surface area contributed by atoms with Crippen molar-refractivity contribution in [2.75, 3.05) is 0 Å². The van der Waals surface area contributed by atoms with Crippen molar-refractivity contribution in [2.45, 2.75) is 6.61 Å². The highest BCUT2D eigenvalue weighted by molar-refractivity contribution is 7.71. The van der Waals surface area contributed by atoms with Crippen LogP contribution in [0.15, 0.2) is 18.2 Å². The van der Waals surface area contributed by atoms with E-state index < -0.39 is 0 Å². The highest BCUT2D eigenvalue weighted by Gasteiger charge is 2.10. The van der Waals surface area contributed by atoms with Crippen LogP contribution in [0.3, 0.4) is 0 Å². The van der Waals surface area contributed by atoms with Crippen LogP contribution < -0.4 is 0 Å². The molecule has 4 nitrogen and oxygen atoms in total. The molecule has 84 valence electrons. The Labute approximate surface area is 106 Å². The molecule has 7 heteroatoms. The van der Waals surface area contributed by atoms with E-state index in [1.807, 2.05) is 0 Å². The zero-order chi connectivity index (χ0) is 11.7. The summed E-state index contributed by atoms with van der Waals surface area (Å²) in [6.07, 6.45) is 0. The molecule has 0 spiro atoms. The minimum absolute atomic E-state index is 0.240. The molecule has 0 aliphatic rings. The second kappa shape index (κ2) is 4.55. The molecule has 2 aromatic rings. The van der Waals surface area contributed by atoms with Crippen LogP contribution in [0.1, 0.15) is 5.82 Å². The Morgan fingerprint density at radius 1 is 1.44 bits per heavy atom. The first-order valence-corrected chi connectivity index (χ1v) is 5.52. The van der Waals surface area contributed by atoms with Gasteiger partial charge < -0.3 is 5.11 Å². The standard InChI is InChI=1S/C9H7Cl2N3OS/c10-5-1-2-6(11)7(3-5)14-8(4-15)12-13-9(14)16/h1-3,15H,4H2,(H,13,16). The topological polar surface area (TPSA) is 53.8 Å². The van der Waals surface area contributed by atoms with Crippen LogP contribution in [0.2, 0.25) is 10.0 Å². The van der Waals surface area contributed by atoms with E-state index in [1.165, 1.54) is 0 Å². The smallest absolute Gasteiger partial charge is 0.199 e. The first-order chi connectivity index (χ1) is 7.63. The molecule has 0 aliphatic carbocycles. The van der Waals surface area contributed by atoms with E-state index >= 15 is 0 Å². The number of rotatable bonds is 2. The summed E-state index contributed by atoms with van der Waals surface area (Å²) >= 11 is 17.0. The predicted octanol–water partition coefficient (Wildman–Crippen LogP) is 2.73. The van der Waals surface area contributed by atoms with Gasteiger partial charge in [0.25, 0.3) is 0 Å². The van der Waals surface area contributed by atoms with Crippen LogP contribution in [0.4, 0.5) is 0 Å². The average molecular weight is 276 g/mol. The summed E-state index contributed by atoms with van der Waals surface area (Å²) in [4.78, 5) is 0. The number of aromatic amines is 1. The molecule has 1 aromatic heterocycles. The molecule has 0 fully saturated rings.